The van der Waals surface area contributed by atoms with Crippen LogP contribution in [-0.4, -0.2) is 30.1 Å². The van der Waals surface area contributed by atoms with Crippen molar-refractivity contribution >= 4 is 23.1 Å². The summed E-state index contributed by atoms with van der Waals surface area (Å²) in [5.74, 6) is 0.741. The molecule has 0 aliphatic carbocycles. The molecule has 2 N–H and O–H groups in total. The van der Waals surface area contributed by atoms with E-state index >= 15 is 0 Å². The van der Waals surface area contributed by atoms with Crippen LogP contribution < -0.4 is 5.32 Å². The summed E-state index contributed by atoms with van der Waals surface area (Å²) in [7, 11) is 0. The van der Waals surface area contributed by atoms with Gasteiger partial charge in [-0.15, -0.1) is 29.7 Å². The molecule has 78 valence electrons. The van der Waals surface area contributed by atoms with E-state index in [1.165, 1.54) is 4.21 Å². The molecule has 14 heavy (non-hydrogen) atoms. The summed E-state index contributed by atoms with van der Waals surface area (Å²) in [5.41, 5.74) is 0. The third-order valence-corrected chi connectivity index (χ3v) is 3.86. The van der Waals surface area contributed by atoms with E-state index in [0.717, 1.165) is 12.3 Å². The second-order valence-electron chi connectivity index (χ2n) is 2.84. The first-order valence-corrected chi connectivity index (χ1v) is 6.35. The molecule has 0 bridgehead atoms. The van der Waals surface area contributed by atoms with Gasteiger partial charge < -0.3 is 10.4 Å². The van der Waals surface area contributed by atoms with Crippen molar-refractivity contribution in [2.45, 2.75) is 10.3 Å². The normalized spacial score (nSPS) is 12.6. The molecule has 0 amide bonds. The third kappa shape index (κ3) is 4.81. The van der Waals surface area contributed by atoms with Crippen molar-refractivity contribution in [1.29, 1.82) is 0 Å². The zero-order valence-corrected chi connectivity index (χ0v) is 9.61. The lowest BCUT2D eigenvalue weighted by molar-refractivity contribution is 0.197. The minimum absolute atomic E-state index is 0.290. The van der Waals surface area contributed by atoms with Gasteiger partial charge in [0, 0.05) is 18.8 Å². The van der Waals surface area contributed by atoms with Crippen LogP contribution in [0.5, 0.6) is 0 Å². The molecule has 0 fully saturated rings. The van der Waals surface area contributed by atoms with Gasteiger partial charge in [-0.2, -0.15) is 0 Å². The summed E-state index contributed by atoms with van der Waals surface area (Å²) < 4.78 is 1.26. The van der Waals surface area contributed by atoms with Crippen molar-refractivity contribution in [3.8, 4) is 0 Å². The van der Waals surface area contributed by atoms with Gasteiger partial charge in [0.15, 0.2) is 0 Å². The van der Waals surface area contributed by atoms with E-state index in [1.807, 2.05) is 11.4 Å². The summed E-state index contributed by atoms with van der Waals surface area (Å²) in [6.45, 7) is 4.98. The van der Waals surface area contributed by atoms with Crippen LogP contribution in [0.4, 0.5) is 0 Å². The molecule has 0 unspecified atom stereocenters. The average molecular weight is 229 g/mol. The zero-order valence-electron chi connectivity index (χ0n) is 7.98. The molecule has 1 aromatic rings. The van der Waals surface area contributed by atoms with Gasteiger partial charge in [-0.05, 0) is 11.4 Å². The lowest BCUT2D eigenvalue weighted by atomic mass is 10.4. The van der Waals surface area contributed by atoms with Crippen LogP contribution in [-0.2, 0) is 0 Å². The van der Waals surface area contributed by atoms with Crippen LogP contribution in [0.2, 0.25) is 0 Å². The molecule has 1 aromatic heterocycles. The summed E-state index contributed by atoms with van der Waals surface area (Å²) in [5, 5.41) is 14.7. The molecule has 0 aromatic carbocycles. The average Bonchev–Trinajstić information content (AvgIpc) is 2.68. The molecule has 0 spiro atoms. The van der Waals surface area contributed by atoms with Gasteiger partial charge in [0.1, 0.15) is 0 Å². The smallest absolute Gasteiger partial charge is 0.0758 e. The Kier molecular flexibility index (Phi) is 5.94. The van der Waals surface area contributed by atoms with Crippen LogP contribution >= 0.6 is 23.1 Å². The van der Waals surface area contributed by atoms with Crippen LogP contribution in [0, 0.1) is 0 Å². The summed E-state index contributed by atoms with van der Waals surface area (Å²) >= 11 is 3.40. The number of nitrogens with one attached hydrogen (secondary N) is 1. The fourth-order valence-corrected chi connectivity index (χ4v) is 2.68. The standard InChI is InChI=1S/C10H15NOS2/c1-2-5-11-7-9(12)8-14-10-4-3-6-13-10/h2-4,6,9,11-12H,1,5,7-8H2/t9-/m0/s1. The van der Waals surface area contributed by atoms with E-state index in [-0.39, 0.29) is 6.10 Å². The summed E-state index contributed by atoms with van der Waals surface area (Å²) in [6.07, 6.45) is 1.50. The van der Waals surface area contributed by atoms with E-state index in [9.17, 15) is 5.11 Å². The Morgan fingerprint density at radius 2 is 2.57 bits per heavy atom. The Morgan fingerprint density at radius 1 is 1.71 bits per heavy atom. The second-order valence-corrected chi connectivity index (χ2v) is 5.11. The number of hydrogen-bond donors (Lipinski definition) is 2. The maximum Gasteiger partial charge on any atom is 0.0758 e. The summed E-state index contributed by atoms with van der Waals surface area (Å²) in [6, 6.07) is 4.09. The van der Waals surface area contributed by atoms with E-state index in [1.54, 1.807) is 29.2 Å². The highest BCUT2D eigenvalue weighted by molar-refractivity contribution is 8.01. The molecule has 4 heteroatoms. The van der Waals surface area contributed by atoms with E-state index in [4.69, 9.17) is 0 Å². The topological polar surface area (TPSA) is 32.3 Å². The van der Waals surface area contributed by atoms with Crippen LogP contribution in [0.25, 0.3) is 0 Å². The fourth-order valence-electron chi connectivity index (χ4n) is 0.935. The summed E-state index contributed by atoms with van der Waals surface area (Å²) in [4.78, 5) is 0. The Labute approximate surface area is 93.0 Å². The zero-order chi connectivity index (χ0) is 10.2. The lowest BCUT2D eigenvalue weighted by Gasteiger charge is -2.09. The van der Waals surface area contributed by atoms with E-state index in [2.05, 4.69) is 18.0 Å². The Morgan fingerprint density at radius 3 is 3.21 bits per heavy atom. The predicted octanol–water partition coefficient (Wildman–Crippen LogP) is 1.98. The monoisotopic (exact) mass is 229 g/mol. The number of thioether (sulfide) groups is 1. The van der Waals surface area contributed by atoms with Gasteiger partial charge in [-0.25, -0.2) is 0 Å². The first kappa shape index (κ1) is 11.8. The maximum atomic E-state index is 9.56. The van der Waals surface area contributed by atoms with Crippen LogP contribution in [0.3, 0.4) is 0 Å². The highest BCUT2D eigenvalue weighted by atomic mass is 32.2. The number of aliphatic hydroxyl groups is 1. The van der Waals surface area contributed by atoms with Crippen LogP contribution in [0.1, 0.15) is 0 Å². The quantitative estimate of drug-likeness (QED) is 0.426. The van der Waals surface area contributed by atoms with Gasteiger partial charge in [0.05, 0.1) is 10.3 Å². The lowest BCUT2D eigenvalue weighted by Crippen LogP contribution is -2.28. The molecule has 0 aliphatic rings. The van der Waals surface area contributed by atoms with E-state index in [0.29, 0.717) is 6.54 Å². The van der Waals surface area contributed by atoms with Crippen molar-refractivity contribution in [3.05, 3.63) is 30.2 Å². The first-order chi connectivity index (χ1) is 6.83. The van der Waals surface area contributed by atoms with Gasteiger partial charge in [0.2, 0.25) is 0 Å². The number of hydrogen-bond acceptors (Lipinski definition) is 4. The minimum Gasteiger partial charge on any atom is -0.391 e. The number of thiophene rings is 1. The Balaban J connectivity index is 2.08. The molecule has 0 saturated carbocycles. The molecule has 0 radical (unpaired) electrons. The molecule has 1 heterocycles. The molecule has 1 rings (SSSR count). The van der Waals surface area contributed by atoms with Crippen LogP contribution in [0.15, 0.2) is 34.4 Å². The molecule has 2 nitrogen and oxygen atoms in total. The number of aliphatic hydroxyl groups excluding tert-OH is 1. The highest BCUT2D eigenvalue weighted by Crippen LogP contribution is 2.23. The van der Waals surface area contributed by atoms with Gasteiger partial charge in [-0.1, -0.05) is 12.1 Å². The molecule has 0 aliphatic heterocycles. The van der Waals surface area contributed by atoms with E-state index < -0.39 is 0 Å². The Hall–Kier alpha value is -0.290. The van der Waals surface area contributed by atoms with Crippen molar-refractivity contribution in [2.24, 2.45) is 0 Å². The minimum atomic E-state index is -0.290. The molecule has 0 saturated heterocycles. The van der Waals surface area contributed by atoms with Crippen molar-refractivity contribution < 1.29 is 5.11 Å². The van der Waals surface area contributed by atoms with Gasteiger partial charge in [0.25, 0.3) is 0 Å². The highest BCUT2D eigenvalue weighted by Gasteiger charge is 2.04. The largest absolute Gasteiger partial charge is 0.391 e. The molecular formula is C10H15NOS2. The fraction of sp³-hybridized carbons (Fsp3) is 0.400. The SMILES string of the molecule is C=CCNC[C@H](O)CSc1cccs1. The predicted molar refractivity (Wildman–Crippen MR) is 64.1 cm³/mol. The Bertz CT molecular complexity index is 249. The van der Waals surface area contributed by atoms with Gasteiger partial charge >= 0.3 is 0 Å². The van der Waals surface area contributed by atoms with Crippen molar-refractivity contribution in [1.82, 2.24) is 5.32 Å². The molecular weight excluding hydrogens is 214 g/mol. The second kappa shape index (κ2) is 7.06. The number of rotatable bonds is 7. The first-order valence-electron chi connectivity index (χ1n) is 4.49. The maximum absolute atomic E-state index is 9.56. The van der Waals surface area contributed by atoms with Crippen molar-refractivity contribution in [2.75, 3.05) is 18.8 Å². The van der Waals surface area contributed by atoms with Gasteiger partial charge in [-0.3, -0.25) is 0 Å². The van der Waals surface area contributed by atoms with Crippen molar-refractivity contribution in [3.63, 3.8) is 0 Å². The molecule has 1 atom stereocenters. The third-order valence-electron chi connectivity index (χ3n) is 1.58.